The summed E-state index contributed by atoms with van der Waals surface area (Å²) in [5.41, 5.74) is 6.91. The van der Waals surface area contributed by atoms with Gasteiger partial charge < -0.3 is 5.32 Å². The van der Waals surface area contributed by atoms with Crippen molar-refractivity contribution < 1.29 is 0 Å². The van der Waals surface area contributed by atoms with Gasteiger partial charge in [-0.2, -0.15) is 0 Å². The summed E-state index contributed by atoms with van der Waals surface area (Å²) in [4.78, 5) is 5.44. The molecule has 0 aliphatic carbocycles. The fourth-order valence-electron chi connectivity index (χ4n) is 6.08. The highest BCUT2D eigenvalue weighted by atomic mass is 32.1. The van der Waals surface area contributed by atoms with Crippen LogP contribution in [-0.2, 0) is 0 Å². The minimum atomic E-state index is 0.0647. The summed E-state index contributed by atoms with van der Waals surface area (Å²) in [5.74, 6) is 0. The van der Waals surface area contributed by atoms with E-state index < -0.39 is 0 Å². The first kappa shape index (κ1) is 21.6. The number of anilines is 1. The molecule has 180 valence electrons. The highest BCUT2D eigenvalue weighted by Crippen LogP contribution is 2.46. The zero-order valence-electron chi connectivity index (χ0n) is 20.9. The summed E-state index contributed by atoms with van der Waals surface area (Å²) in [6, 6.07) is 41.5. The minimum Gasteiger partial charge on any atom is -0.375 e. The van der Waals surface area contributed by atoms with Gasteiger partial charge in [-0.1, -0.05) is 109 Å². The molecule has 0 saturated carbocycles. The van der Waals surface area contributed by atoms with E-state index in [1.807, 2.05) is 11.3 Å². The van der Waals surface area contributed by atoms with Gasteiger partial charge in [-0.25, -0.2) is 4.99 Å². The van der Waals surface area contributed by atoms with Gasteiger partial charge in [0.2, 0.25) is 0 Å². The molecule has 0 saturated heterocycles. The van der Waals surface area contributed by atoms with Crippen LogP contribution in [0.15, 0.2) is 120 Å². The minimum absolute atomic E-state index is 0.0647. The van der Waals surface area contributed by atoms with Gasteiger partial charge in [0.25, 0.3) is 0 Å². The van der Waals surface area contributed by atoms with Crippen molar-refractivity contribution in [1.29, 1.82) is 0 Å². The molecule has 1 atom stereocenters. The molecule has 8 rings (SSSR count). The van der Waals surface area contributed by atoms with Crippen LogP contribution in [0, 0.1) is 0 Å². The summed E-state index contributed by atoms with van der Waals surface area (Å²) >= 11 is 1.88. The van der Waals surface area contributed by atoms with E-state index in [2.05, 4.69) is 128 Å². The van der Waals surface area contributed by atoms with Gasteiger partial charge in [0.15, 0.2) is 0 Å². The van der Waals surface area contributed by atoms with Crippen LogP contribution < -0.4 is 5.32 Å². The maximum atomic E-state index is 5.44. The predicted molar refractivity (Wildman–Crippen MR) is 166 cm³/mol. The standard InChI is InChI=1S/C35H24N2S/c1-21-32(37-34-28-17-7-3-12-23(28)22-11-2-6-16-27(22)33(34)36-21)26-15-5-4-13-24(26)29-18-10-19-30-25-14-8-9-20-31(25)38-35(29)30/h2-21,36H,1H3. The molecule has 1 N–H and O–H groups in total. The van der Waals surface area contributed by atoms with E-state index in [1.54, 1.807) is 0 Å². The molecule has 7 aromatic rings. The van der Waals surface area contributed by atoms with Crippen LogP contribution in [0.4, 0.5) is 11.4 Å². The van der Waals surface area contributed by atoms with Crippen LogP contribution in [0.5, 0.6) is 0 Å². The molecule has 38 heavy (non-hydrogen) atoms. The number of benzene rings is 6. The van der Waals surface area contributed by atoms with Crippen molar-refractivity contribution in [2.24, 2.45) is 4.99 Å². The summed E-state index contributed by atoms with van der Waals surface area (Å²) in [7, 11) is 0. The normalized spacial score (nSPS) is 15.1. The summed E-state index contributed by atoms with van der Waals surface area (Å²) in [6.07, 6.45) is 0. The Bertz CT molecular complexity index is 2080. The molecule has 3 heteroatoms. The maximum Gasteiger partial charge on any atom is 0.0950 e. The predicted octanol–water partition coefficient (Wildman–Crippen LogP) is 9.96. The quantitative estimate of drug-likeness (QED) is 0.233. The first-order valence-electron chi connectivity index (χ1n) is 13.1. The largest absolute Gasteiger partial charge is 0.375 e. The Morgan fingerprint density at radius 3 is 1.95 bits per heavy atom. The number of rotatable bonds is 2. The fraction of sp³-hybridized carbons (Fsp3) is 0.0571. The molecule has 0 bridgehead atoms. The van der Waals surface area contributed by atoms with Crippen molar-refractivity contribution in [2.45, 2.75) is 13.0 Å². The first-order valence-corrected chi connectivity index (χ1v) is 13.9. The van der Waals surface area contributed by atoms with Gasteiger partial charge in [-0.15, -0.1) is 11.3 Å². The van der Waals surface area contributed by atoms with Gasteiger partial charge in [0, 0.05) is 42.1 Å². The third-order valence-corrected chi connectivity index (χ3v) is 9.03. The topological polar surface area (TPSA) is 24.4 Å². The Balaban J connectivity index is 1.40. The third kappa shape index (κ3) is 3.09. The van der Waals surface area contributed by atoms with E-state index in [-0.39, 0.29) is 6.04 Å². The Kier molecular flexibility index (Phi) is 4.70. The van der Waals surface area contributed by atoms with Crippen LogP contribution in [0.3, 0.4) is 0 Å². The first-order chi connectivity index (χ1) is 18.8. The molecule has 1 unspecified atom stereocenters. The second-order valence-corrected chi connectivity index (χ2v) is 11.1. The van der Waals surface area contributed by atoms with Crippen molar-refractivity contribution in [2.75, 3.05) is 5.32 Å². The molecule has 0 fully saturated rings. The van der Waals surface area contributed by atoms with Crippen molar-refractivity contribution in [1.82, 2.24) is 0 Å². The van der Waals surface area contributed by atoms with Crippen LogP contribution in [0.2, 0.25) is 0 Å². The van der Waals surface area contributed by atoms with Crippen molar-refractivity contribution in [3.63, 3.8) is 0 Å². The Morgan fingerprint density at radius 1 is 0.553 bits per heavy atom. The molecule has 6 aromatic carbocycles. The molecule has 0 radical (unpaired) electrons. The number of nitrogens with one attached hydrogen (secondary N) is 1. The highest BCUT2D eigenvalue weighted by molar-refractivity contribution is 7.26. The number of hydrogen-bond donors (Lipinski definition) is 1. The smallest absolute Gasteiger partial charge is 0.0950 e. The Labute approximate surface area is 224 Å². The zero-order valence-corrected chi connectivity index (χ0v) is 21.7. The second-order valence-electron chi connectivity index (χ2n) is 10.0. The van der Waals surface area contributed by atoms with E-state index in [4.69, 9.17) is 4.99 Å². The molecule has 1 aliphatic rings. The molecule has 2 heterocycles. The molecular weight excluding hydrogens is 480 g/mol. The maximum absolute atomic E-state index is 5.44. The van der Waals surface area contributed by atoms with Crippen molar-refractivity contribution in [3.05, 3.63) is 121 Å². The molecule has 2 nitrogen and oxygen atoms in total. The molecular formula is C35H24N2S. The summed E-state index contributed by atoms with van der Waals surface area (Å²) in [5, 5.41) is 11.4. The van der Waals surface area contributed by atoms with Gasteiger partial charge in [0.1, 0.15) is 0 Å². The van der Waals surface area contributed by atoms with Gasteiger partial charge >= 0.3 is 0 Å². The molecule has 1 aliphatic heterocycles. The van der Waals surface area contributed by atoms with Crippen LogP contribution in [0.1, 0.15) is 12.5 Å². The van der Waals surface area contributed by atoms with Gasteiger partial charge in [-0.05, 0) is 29.3 Å². The van der Waals surface area contributed by atoms with Gasteiger partial charge in [-0.3, -0.25) is 0 Å². The lowest BCUT2D eigenvalue weighted by molar-refractivity contribution is 1.03. The van der Waals surface area contributed by atoms with Crippen LogP contribution >= 0.6 is 11.3 Å². The highest BCUT2D eigenvalue weighted by Gasteiger charge is 2.26. The van der Waals surface area contributed by atoms with E-state index in [9.17, 15) is 0 Å². The Morgan fingerprint density at radius 2 is 1.13 bits per heavy atom. The van der Waals surface area contributed by atoms with E-state index in [0.29, 0.717) is 0 Å². The third-order valence-electron chi connectivity index (χ3n) is 7.81. The Hall–Kier alpha value is -4.47. The molecule has 0 amide bonds. The number of fused-ring (bicyclic) bond motifs is 9. The fourth-order valence-corrected chi connectivity index (χ4v) is 7.31. The van der Waals surface area contributed by atoms with E-state index in [1.165, 1.54) is 58.4 Å². The van der Waals surface area contributed by atoms with E-state index in [0.717, 1.165) is 17.1 Å². The van der Waals surface area contributed by atoms with Crippen LogP contribution in [0.25, 0.3) is 52.8 Å². The van der Waals surface area contributed by atoms with Crippen LogP contribution in [-0.4, -0.2) is 11.8 Å². The van der Waals surface area contributed by atoms with E-state index >= 15 is 0 Å². The average molecular weight is 505 g/mol. The lowest BCUT2D eigenvalue weighted by atomic mass is 9.90. The number of hydrogen-bond acceptors (Lipinski definition) is 3. The lowest BCUT2D eigenvalue weighted by Crippen LogP contribution is -2.30. The molecule has 1 aromatic heterocycles. The SMILES string of the molecule is CC1Nc2c(c3ccccc3c3ccccc23)N=C1c1ccccc1-c1cccc2c1sc1ccccc12. The lowest BCUT2D eigenvalue weighted by Gasteiger charge is -2.28. The van der Waals surface area contributed by atoms with Gasteiger partial charge in [0.05, 0.1) is 23.1 Å². The second kappa shape index (κ2) is 8.27. The summed E-state index contributed by atoms with van der Waals surface area (Å²) in [6.45, 7) is 2.22. The zero-order chi connectivity index (χ0) is 25.2. The number of nitrogens with zero attached hydrogens (tertiary/aromatic N) is 1. The van der Waals surface area contributed by atoms with Crippen molar-refractivity contribution in [3.8, 4) is 11.1 Å². The number of thiophene rings is 1. The van der Waals surface area contributed by atoms with Crippen molar-refractivity contribution >= 4 is 70.1 Å². The molecule has 0 spiro atoms. The monoisotopic (exact) mass is 504 g/mol. The average Bonchev–Trinajstić information content (AvgIpc) is 3.36. The summed E-state index contributed by atoms with van der Waals surface area (Å²) < 4.78 is 2.65. The number of aliphatic imine (C=N–C) groups is 1.